The van der Waals surface area contributed by atoms with E-state index in [4.69, 9.17) is 11.6 Å². The number of hydrogen-bond donors (Lipinski definition) is 1. The van der Waals surface area contributed by atoms with Gasteiger partial charge in [-0.2, -0.15) is 5.10 Å². The van der Waals surface area contributed by atoms with Gasteiger partial charge in [0.25, 0.3) is 0 Å². The van der Waals surface area contributed by atoms with Crippen molar-refractivity contribution < 1.29 is 0 Å². The highest BCUT2D eigenvalue weighted by Gasteiger charge is 2.36. The first-order valence-electron chi connectivity index (χ1n) is 6.62. The van der Waals surface area contributed by atoms with Crippen LogP contribution in [-0.2, 0) is 12.6 Å². The van der Waals surface area contributed by atoms with Gasteiger partial charge in [-0.3, -0.25) is 4.68 Å². The number of aromatic nitrogens is 2. The van der Waals surface area contributed by atoms with Gasteiger partial charge < -0.3 is 5.32 Å². The molecule has 1 N–H and O–H groups in total. The zero-order valence-electron chi connectivity index (χ0n) is 10.8. The zero-order chi connectivity index (χ0) is 12.3. The van der Waals surface area contributed by atoms with Crippen LogP contribution < -0.4 is 5.32 Å². The Kier molecular flexibility index (Phi) is 4.10. The molecule has 1 unspecified atom stereocenters. The first kappa shape index (κ1) is 12.9. The predicted molar refractivity (Wildman–Crippen MR) is 71.3 cm³/mol. The van der Waals surface area contributed by atoms with Crippen molar-refractivity contribution in [1.29, 1.82) is 0 Å². The van der Waals surface area contributed by atoms with Crippen molar-refractivity contribution in [2.45, 2.75) is 51.0 Å². The van der Waals surface area contributed by atoms with Gasteiger partial charge in [0, 0.05) is 7.05 Å². The molecule has 0 aromatic carbocycles. The number of hydrogen-bond acceptors (Lipinski definition) is 2. The molecule has 1 atom stereocenters. The van der Waals surface area contributed by atoms with E-state index in [-0.39, 0.29) is 5.54 Å². The molecule has 0 aliphatic carbocycles. The largest absolute Gasteiger partial charge is 0.306 e. The minimum atomic E-state index is 0.0353. The van der Waals surface area contributed by atoms with Gasteiger partial charge in [0.1, 0.15) is 0 Å². The van der Waals surface area contributed by atoms with Crippen LogP contribution in [0.4, 0.5) is 0 Å². The summed E-state index contributed by atoms with van der Waals surface area (Å²) in [4.78, 5) is 0. The van der Waals surface area contributed by atoms with Crippen molar-refractivity contribution in [1.82, 2.24) is 15.1 Å². The summed E-state index contributed by atoms with van der Waals surface area (Å²) < 4.78 is 1.94. The smallest absolute Gasteiger partial charge is 0.0837 e. The van der Waals surface area contributed by atoms with Gasteiger partial charge in [0.15, 0.2) is 0 Å². The molecular formula is C13H22ClN3. The Morgan fingerprint density at radius 1 is 1.47 bits per heavy atom. The summed E-state index contributed by atoms with van der Waals surface area (Å²) >= 11 is 6.33. The Balaban J connectivity index is 2.38. The molecule has 96 valence electrons. The van der Waals surface area contributed by atoms with E-state index in [0.717, 1.165) is 24.4 Å². The monoisotopic (exact) mass is 255 g/mol. The molecule has 0 bridgehead atoms. The van der Waals surface area contributed by atoms with Crippen LogP contribution >= 0.6 is 11.6 Å². The second-order valence-electron chi connectivity index (χ2n) is 5.03. The van der Waals surface area contributed by atoms with Crippen LogP contribution in [0.5, 0.6) is 0 Å². The lowest BCUT2D eigenvalue weighted by Gasteiger charge is -2.34. The summed E-state index contributed by atoms with van der Waals surface area (Å²) in [6.45, 7) is 3.32. The maximum absolute atomic E-state index is 6.33. The fourth-order valence-electron chi connectivity index (χ4n) is 3.05. The van der Waals surface area contributed by atoms with Gasteiger partial charge in [-0.25, -0.2) is 0 Å². The lowest BCUT2D eigenvalue weighted by atomic mass is 9.85. The number of rotatable bonds is 3. The van der Waals surface area contributed by atoms with Gasteiger partial charge in [-0.1, -0.05) is 37.8 Å². The molecule has 3 nitrogen and oxygen atoms in total. The summed E-state index contributed by atoms with van der Waals surface area (Å²) in [7, 11) is 1.99. The van der Waals surface area contributed by atoms with Gasteiger partial charge in [0.05, 0.1) is 22.5 Å². The van der Waals surface area contributed by atoms with Gasteiger partial charge >= 0.3 is 0 Å². The highest BCUT2D eigenvalue weighted by molar-refractivity contribution is 6.31. The summed E-state index contributed by atoms with van der Waals surface area (Å²) in [6.07, 6.45) is 9.07. The molecule has 1 aromatic heterocycles. The van der Waals surface area contributed by atoms with Crippen LogP contribution in [0.25, 0.3) is 0 Å². The molecule has 0 radical (unpaired) electrons. The minimum absolute atomic E-state index is 0.0353. The second kappa shape index (κ2) is 5.40. The van der Waals surface area contributed by atoms with E-state index in [2.05, 4.69) is 17.3 Å². The van der Waals surface area contributed by atoms with Crippen molar-refractivity contribution in [3.05, 3.63) is 16.9 Å². The van der Waals surface area contributed by atoms with Gasteiger partial charge in [-0.15, -0.1) is 0 Å². The topological polar surface area (TPSA) is 29.9 Å². The zero-order valence-corrected chi connectivity index (χ0v) is 11.6. The van der Waals surface area contributed by atoms with Gasteiger partial charge in [0.2, 0.25) is 0 Å². The van der Waals surface area contributed by atoms with Crippen LogP contribution in [0.1, 0.15) is 51.1 Å². The van der Waals surface area contributed by atoms with E-state index in [1.54, 1.807) is 6.20 Å². The third-order valence-electron chi connectivity index (χ3n) is 3.77. The van der Waals surface area contributed by atoms with Crippen molar-refractivity contribution in [3.63, 3.8) is 0 Å². The Morgan fingerprint density at radius 3 is 2.94 bits per heavy atom. The molecule has 0 saturated carbocycles. The molecular weight excluding hydrogens is 234 g/mol. The highest BCUT2D eigenvalue weighted by Crippen LogP contribution is 2.37. The Labute approximate surface area is 109 Å². The highest BCUT2D eigenvalue weighted by atomic mass is 35.5. The van der Waals surface area contributed by atoms with Crippen LogP contribution in [0.15, 0.2) is 6.20 Å². The molecule has 1 aromatic rings. The number of nitrogens with one attached hydrogen (secondary N) is 1. The van der Waals surface area contributed by atoms with E-state index >= 15 is 0 Å². The fourth-order valence-corrected chi connectivity index (χ4v) is 3.40. The Morgan fingerprint density at radius 2 is 2.29 bits per heavy atom. The molecule has 1 aliphatic heterocycles. The summed E-state index contributed by atoms with van der Waals surface area (Å²) in [5.74, 6) is 0. The van der Waals surface area contributed by atoms with Crippen molar-refractivity contribution in [2.24, 2.45) is 7.05 Å². The van der Waals surface area contributed by atoms with Crippen LogP contribution in [0.2, 0.25) is 5.02 Å². The molecule has 4 heteroatoms. The molecule has 0 spiro atoms. The van der Waals surface area contributed by atoms with Crippen LogP contribution in [0.3, 0.4) is 0 Å². The molecule has 2 rings (SSSR count). The fraction of sp³-hybridized carbons (Fsp3) is 0.769. The van der Waals surface area contributed by atoms with Gasteiger partial charge in [-0.05, 0) is 25.8 Å². The molecule has 1 fully saturated rings. The lowest BCUT2D eigenvalue weighted by Crippen LogP contribution is -2.43. The Hall–Kier alpha value is -0.540. The first-order valence-corrected chi connectivity index (χ1v) is 7.00. The molecule has 1 saturated heterocycles. The van der Waals surface area contributed by atoms with Crippen molar-refractivity contribution in [3.8, 4) is 0 Å². The number of aryl methyl sites for hydroxylation is 1. The molecule has 0 amide bonds. The SMILES string of the molecule is CCCC1(c2c(Cl)cnn2C)CCCCCN1. The van der Waals surface area contributed by atoms with Crippen LogP contribution in [0, 0.1) is 0 Å². The van der Waals surface area contributed by atoms with Crippen molar-refractivity contribution in [2.75, 3.05) is 6.54 Å². The molecule has 2 heterocycles. The van der Waals surface area contributed by atoms with E-state index in [0.29, 0.717) is 0 Å². The molecule has 1 aliphatic rings. The standard InChI is InChI=1S/C13H22ClN3/c1-3-7-13(8-5-4-6-9-15-13)12-11(14)10-16-17(12)2/h10,15H,3-9H2,1-2H3. The third kappa shape index (κ3) is 2.50. The summed E-state index contributed by atoms with van der Waals surface area (Å²) in [5, 5.41) is 8.83. The second-order valence-corrected chi connectivity index (χ2v) is 5.44. The van der Waals surface area contributed by atoms with E-state index in [1.807, 2.05) is 11.7 Å². The summed E-state index contributed by atoms with van der Waals surface area (Å²) in [5.41, 5.74) is 1.20. The number of halogens is 1. The average molecular weight is 256 g/mol. The summed E-state index contributed by atoms with van der Waals surface area (Å²) in [6, 6.07) is 0. The minimum Gasteiger partial charge on any atom is -0.306 e. The quantitative estimate of drug-likeness (QED) is 0.899. The van der Waals surface area contributed by atoms with E-state index in [1.165, 1.54) is 31.4 Å². The normalized spacial score (nSPS) is 25.8. The third-order valence-corrected chi connectivity index (χ3v) is 4.04. The maximum Gasteiger partial charge on any atom is 0.0837 e. The van der Waals surface area contributed by atoms with E-state index < -0.39 is 0 Å². The lowest BCUT2D eigenvalue weighted by molar-refractivity contribution is 0.278. The molecule has 17 heavy (non-hydrogen) atoms. The predicted octanol–water partition coefficient (Wildman–Crippen LogP) is 3.23. The van der Waals surface area contributed by atoms with E-state index in [9.17, 15) is 0 Å². The number of nitrogens with zero attached hydrogens (tertiary/aromatic N) is 2. The first-order chi connectivity index (χ1) is 8.19. The van der Waals surface area contributed by atoms with Crippen molar-refractivity contribution >= 4 is 11.6 Å². The Bertz CT molecular complexity index is 345. The maximum atomic E-state index is 6.33. The van der Waals surface area contributed by atoms with Crippen LogP contribution in [-0.4, -0.2) is 16.3 Å². The average Bonchev–Trinajstić information content (AvgIpc) is 2.53.